The molecule has 1 unspecified atom stereocenters. The molecule has 2 aliphatic rings. The zero-order valence-corrected chi connectivity index (χ0v) is 19.5. The fraction of sp³-hybridized carbons (Fsp3) is 0.417. The molecule has 2 heterocycles. The van der Waals surface area contributed by atoms with E-state index in [4.69, 9.17) is 9.84 Å². The van der Waals surface area contributed by atoms with E-state index in [-0.39, 0.29) is 28.5 Å². The van der Waals surface area contributed by atoms with Gasteiger partial charge in [-0.15, -0.1) is 0 Å². The lowest BCUT2D eigenvalue weighted by Crippen LogP contribution is -2.53. The summed E-state index contributed by atoms with van der Waals surface area (Å²) in [6.07, 6.45) is 1.05. The highest BCUT2D eigenvalue weighted by atomic mass is 32.2. The van der Waals surface area contributed by atoms with Gasteiger partial charge in [-0.3, -0.25) is 9.59 Å². The summed E-state index contributed by atoms with van der Waals surface area (Å²) < 4.78 is 30.0. The van der Waals surface area contributed by atoms with Crippen molar-refractivity contribution < 1.29 is 27.9 Å². The highest BCUT2D eigenvalue weighted by Gasteiger charge is 2.37. The summed E-state index contributed by atoms with van der Waals surface area (Å²) in [5, 5.41) is 8.99. The van der Waals surface area contributed by atoms with Crippen LogP contribution in [0, 0.1) is 0 Å². The Kier molecular flexibility index (Phi) is 6.56. The maximum atomic E-state index is 13.3. The van der Waals surface area contributed by atoms with Crippen LogP contribution in [0.25, 0.3) is 11.1 Å². The number of benzene rings is 2. The molecule has 0 bridgehead atoms. The van der Waals surface area contributed by atoms with Crippen LogP contribution in [0.15, 0.2) is 47.4 Å². The molecule has 0 spiro atoms. The van der Waals surface area contributed by atoms with Gasteiger partial charge in [-0.25, -0.2) is 8.42 Å². The molecule has 1 fully saturated rings. The maximum absolute atomic E-state index is 13.3. The van der Waals surface area contributed by atoms with E-state index in [0.717, 1.165) is 17.5 Å². The van der Waals surface area contributed by atoms with E-state index in [0.29, 0.717) is 30.9 Å². The van der Waals surface area contributed by atoms with Gasteiger partial charge in [0.15, 0.2) is 9.84 Å². The number of anilines is 2. The number of hydrogen-bond acceptors (Lipinski definition) is 6. The summed E-state index contributed by atoms with van der Waals surface area (Å²) in [5.41, 5.74) is 2.87. The summed E-state index contributed by atoms with van der Waals surface area (Å²) in [4.78, 5) is 29.2. The topological polar surface area (TPSA) is 104 Å². The van der Waals surface area contributed by atoms with Gasteiger partial charge in [0, 0.05) is 20.1 Å². The molecule has 4 rings (SSSR count). The molecule has 2 aromatic rings. The summed E-state index contributed by atoms with van der Waals surface area (Å²) in [7, 11) is -3.54. The van der Waals surface area contributed by atoms with Crippen molar-refractivity contribution in [1.29, 1.82) is 0 Å². The first kappa shape index (κ1) is 23.4. The summed E-state index contributed by atoms with van der Waals surface area (Å²) in [5.74, 6) is -0.532. The van der Waals surface area contributed by atoms with Crippen molar-refractivity contribution in [2.45, 2.75) is 43.7 Å². The standard InChI is InChI=1S/C24H28N2O6S/c1-16-15-25(24(29)23-4-3-12-32-23)22-14-19(7-10-21(22)26(16)17(2)28)18-5-8-20(9-6-18)33(30,31)13-11-27/h5-10,14,16,23,27H,3-4,11-13,15H2,1-2H3/t16-,23?/m0/s1. The molecule has 2 aliphatic heterocycles. The van der Waals surface area contributed by atoms with Crippen molar-refractivity contribution in [1.82, 2.24) is 0 Å². The fourth-order valence-corrected chi connectivity index (χ4v) is 5.56. The zero-order chi connectivity index (χ0) is 23.8. The number of aliphatic hydroxyl groups excluding tert-OH is 1. The van der Waals surface area contributed by atoms with Crippen molar-refractivity contribution in [3.05, 3.63) is 42.5 Å². The molecule has 1 saturated heterocycles. The minimum atomic E-state index is -3.54. The second-order valence-corrected chi connectivity index (χ2v) is 10.6. The predicted octanol–water partition coefficient (Wildman–Crippen LogP) is 2.39. The number of sulfone groups is 1. The minimum Gasteiger partial charge on any atom is -0.395 e. The Morgan fingerprint density at radius 2 is 1.79 bits per heavy atom. The minimum absolute atomic E-state index is 0.0980. The van der Waals surface area contributed by atoms with Crippen molar-refractivity contribution in [2.75, 3.05) is 35.3 Å². The highest BCUT2D eigenvalue weighted by molar-refractivity contribution is 7.91. The van der Waals surface area contributed by atoms with Crippen LogP contribution in [0.5, 0.6) is 0 Å². The SMILES string of the molecule is CC(=O)N1c2ccc(-c3ccc(S(=O)(=O)CCO)cc3)cc2N(C(=O)C2CCCO2)C[C@@H]1C. The lowest BCUT2D eigenvalue weighted by molar-refractivity contribution is -0.127. The lowest BCUT2D eigenvalue weighted by atomic mass is 10.00. The van der Waals surface area contributed by atoms with Gasteiger partial charge in [0.05, 0.1) is 34.7 Å². The molecule has 0 aliphatic carbocycles. The van der Waals surface area contributed by atoms with Gasteiger partial charge in [0.25, 0.3) is 5.91 Å². The van der Waals surface area contributed by atoms with Crippen molar-refractivity contribution >= 4 is 33.0 Å². The smallest absolute Gasteiger partial charge is 0.256 e. The highest BCUT2D eigenvalue weighted by Crippen LogP contribution is 2.40. The van der Waals surface area contributed by atoms with E-state index in [1.54, 1.807) is 21.9 Å². The molecule has 2 amide bonds. The molecule has 2 atom stereocenters. The maximum Gasteiger partial charge on any atom is 0.256 e. The number of hydrogen-bond donors (Lipinski definition) is 1. The van der Waals surface area contributed by atoms with Gasteiger partial charge in [0.2, 0.25) is 5.91 Å². The Bertz CT molecular complexity index is 1160. The van der Waals surface area contributed by atoms with Gasteiger partial charge in [-0.1, -0.05) is 18.2 Å². The third-order valence-electron chi connectivity index (χ3n) is 6.13. The second-order valence-electron chi connectivity index (χ2n) is 8.46. The molecule has 33 heavy (non-hydrogen) atoms. The van der Waals surface area contributed by atoms with Gasteiger partial charge in [-0.2, -0.15) is 0 Å². The van der Waals surface area contributed by atoms with Crippen molar-refractivity contribution in [2.24, 2.45) is 0 Å². The summed E-state index contributed by atoms with van der Waals surface area (Å²) in [6.45, 7) is 3.93. The van der Waals surface area contributed by atoms with E-state index in [9.17, 15) is 18.0 Å². The Hall–Kier alpha value is -2.75. The number of carbonyl (C=O) groups is 2. The fourth-order valence-electron chi connectivity index (χ4n) is 4.53. The Morgan fingerprint density at radius 3 is 2.39 bits per heavy atom. The van der Waals surface area contributed by atoms with Gasteiger partial charge < -0.3 is 19.6 Å². The van der Waals surface area contributed by atoms with Gasteiger partial charge in [0.1, 0.15) is 6.10 Å². The van der Waals surface area contributed by atoms with Crippen LogP contribution in [-0.2, 0) is 24.2 Å². The molecular weight excluding hydrogens is 444 g/mol. The Morgan fingerprint density at radius 1 is 1.09 bits per heavy atom. The van der Waals surface area contributed by atoms with E-state index < -0.39 is 22.5 Å². The molecule has 1 N–H and O–H groups in total. The van der Waals surface area contributed by atoms with Crippen LogP contribution in [0.4, 0.5) is 11.4 Å². The van der Waals surface area contributed by atoms with E-state index in [1.165, 1.54) is 19.1 Å². The molecule has 0 radical (unpaired) electrons. The van der Waals surface area contributed by atoms with Crippen molar-refractivity contribution in [3.8, 4) is 11.1 Å². The third-order valence-corrected chi connectivity index (χ3v) is 7.84. The molecule has 8 nitrogen and oxygen atoms in total. The number of nitrogens with zero attached hydrogens (tertiary/aromatic N) is 2. The van der Waals surface area contributed by atoms with Gasteiger partial charge in [-0.05, 0) is 55.2 Å². The number of fused-ring (bicyclic) bond motifs is 1. The first-order valence-corrected chi connectivity index (χ1v) is 12.7. The first-order chi connectivity index (χ1) is 15.7. The van der Waals surface area contributed by atoms with Crippen LogP contribution in [0.3, 0.4) is 0 Å². The Balaban J connectivity index is 1.74. The molecule has 2 aromatic carbocycles. The quantitative estimate of drug-likeness (QED) is 0.717. The number of carbonyl (C=O) groups excluding carboxylic acids is 2. The van der Waals surface area contributed by atoms with Crippen LogP contribution in [-0.4, -0.2) is 63.0 Å². The molecule has 0 aromatic heterocycles. The van der Waals surface area contributed by atoms with Crippen LogP contribution >= 0.6 is 0 Å². The molecular formula is C24H28N2O6S. The van der Waals surface area contributed by atoms with E-state index in [1.807, 2.05) is 25.1 Å². The normalized spacial score (nSPS) is 20.6. The first-order valence-electron chi connectivity index (χ1n) is 11.0. The lowest BCUT2D eigenvalue weighted by Gasteiger charge is -2.41. The largest absolute Gasteiger partial charge is 0.395 e. The number of ether oxygens (including phenoxy) is 1. The van der Waals surface area contributed by atoms with Crippen LogP contribution in [0.1, 0.15) is 26.7 Å². The summed E-state index contributed by atoms with van der Waals surface area (Å²) >= 11 is 0. The number of aliphatic hydroxyl groups is 1. The van der Waals surface area contributed by atoms with E-state index in [2.05, 4.69) is 0 Å². The Labute approximate surface area is 193 Å². The van der Waals surface area contributed by atoms with E-state index >= 15 is 0 Å². The average Bonchev–Trinajstić information content (AvgIpc) is 3.32. The summed E-state index contributed by atoms with van der Waals surface area (Å²) in [6, 6.07) is 11.8. The van der Waals surface area contributed by atoms with Crippen molar-refractivity contribution in [3.63, 3.8) is 0 Å². The molecule has 9 heteroatoms. The number of amides is 2. The third kappa shape index (κ3) is 4.53. The second kappa shape index (κ2) is 9.24. The number of rotatable bonds is 5. The van der Waals surface area contributed by atoms with Gasteiger partial charge >= 0.3 is 0 Å². The monoisotopic (exact) mass is 472 g/mol. The molecule has 176 valence electrons. The van der Waals surface area contributed by atoms with Crippen LogP contribution in [0.2, 0.25) is 0 Å². The van der Waals surface area contributed by atoms with Crippen LogP contribution < -0.4 is 9.80 Å². The average molecular weight is 473 g/mol. The zero-order valence-electron chi connectivity index (χ0n) is 18.7. The predicted molar refractivity (Wildman–Crippen MR) is 125 cm³/mol. The molecule has 0 saturated carbocycles.